The number of hydrogen-bond donors (Lipinski definition) is 1. The zero-order valence-electron chi connectivity index (χ0n) is 12.4. The van der Waals surface area contributed by atoms with Crippen molar-refractivity contribution in [2.45, 2.75) is 26.4 Å². The summed E-state index contributed by atoms with van der Waals surface area (Å²) in [4.78, 5) is 0. The van der Waals surface area contributed by atoms with Crippen LogP contribution in [0.4, 0.5) is 8.78 Å². The third kappa shape index (κ3) is 3.05. The summed E-state index contributed by atoms with van der Waals surface area (Å²) in [7, 11) is 1.56. The molecule has 1 aromatic heterocycles. The van der Waals surface area contributed by atoms with Crippen molar-refractivity contribution < 1.29 is 13.5 Å². The van der Waals surface area contributed by atoms with Crippen LogP contribution in [0.2, 0.25) is 0 Å². The molecule has 114 valence electrons. The van der Waals surface area contributed by atoms with Gasteiger partial charge < -0.3 is 10.1 Å². The first-order valence-corrected chi connectivity index (χ1v) is 6.90. The molecule has 0 amide bonds. The molecule has 1 N–H and O–H groups in total. The normalized spacial score (nSPS) is 12.4. The fourth-order valence-electron chi connectivity index (χ4n) is 2.35. The van der Waals surface area contributed by atoms with Crippen LogP contribution in [0, 0.1) is 11.6 Å². The molecule has 0 saturated heterocycles. The molecular weight excluding hydrogens is 276 g/mol. The Kier molecular flexibility index (Phi) is 4.90. The number of hydrogen-bond acceptors (Lipinski definition) is 3. The molecule has 21 heavy (non-hydrogen) atoms. The SMILES string of the molecule is CCNC(c1ccc(F)c(F)c1)c1c(OC)cnn1CC. The van der Waals surface area contributed by atoms with Gasteiger partial charge >= 0.3 is 0 Å². The van der Waals surface area contributed by atoms with E-state index < -0.39 is 11.6 Å². The second-order valence-corrected chi connectivity index (χ2v) is 4.58. The molecule has 1 atom stereocenters. The molecule has 0 radical (unpaired) electrons. The van der Waals surface area contributed by atoms with Crippen LogP contribution in [-0.2, 0) is 6.54 Å². The van der Waals surface area contributed by atoms with Crippen LogP contribution in [0.25, 0.3) is 0 Å². The highest BCUT2D eigenvalue weighted by Crippen LogP contribution is 2.30. The van der Waals surface area contributed by atoms with E-state index in [9.17, 15) is 8.78 Å². The van der Waals surface area contributed by atoms with Gasteiger partial charge in [0.25, 0.3) is 0 Å². The minimum atomic E-state index is -0.864. The summed E-state index contributed by atoms with van der Waals surface area (Å²) < 4.78 is 33.8. The van der Waals surface area contributed by atoms with Crippen molar-refractivity contribution in [3.05, 3.63) is 47.3 Å². The number of aromatic nitrogens is 2. The van der Waals surface area contributed by atoms with E-state index in [0.29, 0.717) is 24.4 Å². The van der Waals surface area contributed by atoms with Crippen LogP contribution in [0.5, 0.6) is 5.75 Å². The Balaban J connectivity index is 2.52. The maximum absolute atomic E-state index is 13.5. The molecule has 0 bridgehead atoms. The first kappa shape index (κ1) is 15.4. The van der Waals surface area contributed by atoms with Crippen molar-refractivity contribution in [1.29, 1.82) is 0 Å². The highest BCUT2D eigenvalue weighted by atomic mass is 19.2. The summed E-state index contributed by atoms with van der Waals surface area (Å²) in [5.41, 5.74) is 1.43. The van der Waals surface area contributed by atoms with Crippen molar-refractivity contribution >= 4 is 0 Å². The predicted molar refractivity (Wildman–Crippen MR) is 76.3 cm³/mol. The summed E-state index contributed by atoms with van der Waals surface area (Å²) in [6.07, 6.45) is 1.63. The first-order chi connectivity index (χ1) is 10.1. The summed E-state index contributed by atoms with van der Waals surface area (Å²) in [6.45, 7) is 5.24. The van der Waals surface area contributed by atoms with Gasteiger partial charge in [-0.3, -0.25) is 4.68 Å². The Morgan fingerprint density at radius 3 is 2.62 bits per heavy atom. The lowest BCUT2D eigenvalue weighted by atomic mass is 10.0. The molecule has 2 aromatic rings. The van der Waals surface area contributed by atoms with Crippen LogP contribution >= 0.6 is 0 Å². The van der Waals surface area contributed by atoms with Crippen molar-refractivity contribution in [3.8, 4) is 5.75 Å². The minimum Gasteiger partial charge on any atom is -0.493 e. The van der Waals surface area contributed by atoms with E-state index in [-0.39, 0.29) is 6.04 Å². The Labute approximate surface area is 122 Å². The van der Waals surface area contributed by atoms with Crippen LogP contribution in [0.1, 0.15) is 31.1 Å². The minimum absolute atomic E-state index is 0.317. The summed E-state index contributed by atoms with van der Waals surface area (Å²) in [5.74, 6) is -1.10. The van der Waals surface area contributed by atoms with Gasteiger partial charge in [0.15, 0.2) is 17.4 Å². The second-order valence-electron chi connectivity index (χ2n) is 4.58. The lowest BCUT2D eigenvalue weighted by molar-refractivity contribution is 0.399. The van der Waals surface area contributed by atoms with E-state index in [1.165, 1.54) is 6.07 Å². The monoisotopic (exact) mass is 295 g/mol. The van der Waals surface area contributed by atoms with Crippen molar-refractivity contribution in [3.63, 3.8) is 0 Å². The maximum atomic E-state index is 13.5. The summed E-state index contributed by atoms with van der Waals surface area (Å²) in [5, 5.41) is 7.53. The number of methoxy groups -OCH3 is 1. The summed E-state index contributed by atoms with van der Waals surface area (Å²) >= 11 is 0. The number of halogens is 2. The molecule has 1 aromatic carbocycles. The third-order valence-electron chi connectivity index (χ3n) is 3.32. The van der Waals surface area contributed by atoms with Crippen molar-refractivity contribution in [2.75, 3.05) is 13.7 Å². The maximum Gasteiger partial charge on any atom is 0.161 e. The van der Waals surface area contributed by atoms with E-state index in [1.807, 2.05) is 13.8 Å². The molecule has 0 spiro atoms. The smallest absolute Gasteiger partial charge is 0.161 e. The molecule has 2 rings (SSSR count). The van der Waals surface area contributed by atoms with Crippen LogP contribution in [-0.4, -0.2) is 23.4 Å². The van der Waals surface area contributed by atoms with E-state index >= 15 is 0 Å². The molecule has 0 aliphatic rings. The standard InChI is InChI=1S/C15H19F2N3O/c1-4-18-14(10-6-7-11(16)12(17)8-10)15-13(21-3)9-19-20(15)5-2/h6-9,14,18H,4-5H2,1-3H3. The number of benzene rings is 1. The average Bonchev–Trinajstić information content (AvgIpc) is 2.90. The zero-order chi connectivity index (χ0) is 15.4. The second kappa shape index (κ2) is 6.67. The molecule has 0 fully saturated rings. The Morgan fingerprint density at radius 1 is 1.29 bits per heavy atom. The Hall–Kier alpha value is -1.95. The van der Waals surface area contributed by atoms with Gasteiger partial charge in [-0.1, -0.05) is 13.0 Å². The van der Waals surface area contributed by atoms with Crippen LogP contribution in [0.3, 0.4) is 0 Å². The average molecular weight is 295 g/mol. The third-order valence-corrected chi connectivity index (χ3v) is 3.32. The van der Waals surface area contributed by atoms with Gasteiger partial charge in [-0.15, -0.1) is 0 Å². The quantitative estimate of drug-likeness (QED) is 0.890. The highest BCUT2D eigenvalue weighted by Gasteiger charge is 2.23. The van der Waals surface area contributed by atoms with E-state index in [1.54, 1.807) is 24.1 Å². The predicted octanol–water partition coefficient (Wildman–Crippen LogP) is 2.89. The molecule has 1 heterocycles. The Morgan fingerprint density at radius 2 is 2.05 bits per heavy atom. The van der Waals surface area contributed by atoms with Gasteiger partial charge in [0.05, 0.1) is 19.3 Å². The number of nitrogens with zero attached hydrogens (tertiary/aromatic N) is 2. The Bertz CT molecular complexity index is 591. The molecule has 4 nitrogen and oxygen atoms in total. The van der Waals surface area contributed by atoms with Gasteiger partial charge in [0.1, 0.15) is 5.69 Å². The lowest BCUT2D eigenvalue weighted by Gasteiger charge is -2.21. The van der Waals surface area contributed by atoms with Crippen molar-refractivity contribution in [2.24, 2.45) is 0 Å². The highest BCUT2D eigenvalue weighted by molar-refractivity contribution is 5.36. The van der Waals surface area contributed by atoms with Crippen LogP contribution in [0.15, 0.2) is 24.4 Å². The van der Waals surface area contributed by atoms with E-state index in [4.69, 9.17) is 4.74 Å². The molecule has 0 saturated carbocycles. The van der Waals surface area contributed by atoms with E-state index in [0.717, 1.165) is 11.8 Å². The molecule has 0 aliphatic heterocycles. The molecular formula is C15H19F2N3O. The van der Waals surface area contributed by atoms with Gasteiger partial charge in [-0.05, 0) is 31.2 Å². The number of aryl methyl sites for hydroxylation is 1. The first-order valence-electron chi connectivity index (χ1n) is 6.90. The van der Waals surface area contributed by atoms with Crippen LogP contribution < -0.4 is 10.1 Å². The van der Waals surface area contributed by atoms with Gasteiger partial charge in [-0.2, -0.15) is 5.10 Å². The zero-order valence-corrected chi connectivity index (χ0v) is 12.4. The van der Waals surface area contributed by atoms with Gasteiger partial charge in [0, 0.05) is 6.54 Å². The van der Waals surface area contributed by atoms with Crippen molar-refractivity contribution in [1.82, 2.24) is 15.1 Å². The molecule has 0 aliphatic carbocycles. The number of rotatable bonds is 6. The fraction of sp³-hybridized carbons (Fsp3) is 0.400. The van der Waals surface area contributed by atoms with E-state index in [2.05, 4.69) is 10.4 Å². The summed E-state index contributed by atoms with van der Waals surface area (Å²) in [6, 6.07) is 3.59. The fourth-order valence-corrected chi connectivity index (χ4v) is 2.35. The lowest BCUT2D eigenvalue weighted by Crippen LogP contribution is -2.25. The molecule has 6 heteroatoms. The van der Waals surface area contributed by atoms with Gasteiger partial charge in [-0.25, -0.2) is 8.78 Å². The largest absolute Gasteiger partial charge is 0.493 e. The number of ether oxygens (including phenoxy) is 1. The topological polar surface area (TPSA) is 39.1 Å². The molecule has 1 unspecified atom stereocenters. The van der Waals surface area contributed by atoms with Gasteiger partial charge in [0.2, 0.25) is 0 Å². The number of nitrogens with one attached hydrogen (secondary N) is 1.